The molecular weight excluding hydrogens is 729 g/mol. The first-order valence-electron chi connectivity index (χ1n) is 17.8. The second-order valence-electron chi connectivity index (χ2n) is 13.2. The van der Waals surface area contributed by atoms with Crippen LogP contribution in [0.1, 0.15) is 43.1 Å². The Labute approximate surface area is 333 Å². The van der Waals surface area contributed by atoms with Crippen molar-refractivity contribution in [3.63, 3.8) is 0 Å². The van der Waals surface area contributed by atoms with Gasteiger partial charge in [-0.3, -0.25) is 0 Å². The van der Waals surface area contributed by atoms with Gasteiger partial charge < -0.3 is 0 Å². The highest BCUT2D eigenvalue weighted by Crippen LogP contribution is 2.56. The molecule has 4 heteroatoms. The number of hydrogen-bond acceptors (Lipinski definition) is 4. The molecule has 8 aromatic rings. The van der Waals surface area contributed by atoms with E-state index >= 15 is 0 Å². The molecule has 0 bridgehead atoms. The predicted molar refractivity (Wildman–Crippen MR) is 228 cm³/mol. The van der Waals surface area contributed by atoms with Crippen LogP contribution in [-0.2, 0) is 10.8 Å². The van der Waals surface area contributed by atoms with Gasteiger partial charge in [-0.1, -0.05) is 156 Å². The summed E-state index contributed by atoms with van der Waals surface area (Å²) in [6.45, 7) is 0. The standard InChI is InChI=1S/C50H30S4/c1-3-15-35(16-4-1)31-33-49(37-19-7-11-23-41(37)51-42-24-12-8-20-38(42)49)47-29-27-45(53-47)46-28-30-48(54-46)50(34-32-36-17-5-2-6-18-36)39-21-9-13-25-43(39)52-44-26-14-10-22-40(44)50/h1-30H. The smallest absolute Gasteiger partial charge is 0.118 e. The maximum absolute atomic E-state index is 3.89. The average molecular weight is 759 g/mol. The van der Waals surface area contributed by atoms with E-state index in [0.29, 0.717) is 0 Å². The van der Waals surface area contributed by atoms with Crippen LogP contribution in [0.15, 0.2) is 202 Å². The number of fused-ring (bicyclic) bond motifs is 4. The first-order chi connectivity index (χ1) is 26.7. The Bertz CT molecular complexity index is 2510. The molecule has 4 heterocycles. The van der Waals surface area contributed by atoms with Crippen LogP contribution in [0.3, 0.4) is 0 Å². The molecule has 0 atom stereocenters. The maximum Gasteiger partial charge on any atom is 0.118 e. The monoisotopic (exact) mass is 758 g/mol. The molecule has 254 valence electrons. The zero-order valence-corrected chi connectivity index (χ0v) is 32.2. The lowest BCUT2D eigenvalue weighted by molar-refractivity contribution is 0.774. The highest BCUT2D eigenvalue weighted by atomic mass is 32.2. The van der Waals surface area contributed by atoms with Gasteiger partial charge in [-0.05, 0) is 95.1 Å². The molecule has 2 aromatic heterocycles. The maximum atomic E-state index is 3.89. The quantitative estimate of drug-likeness (QED) is 0.165. The van der Waals surface area contributed by atoms with Gasteiger partial charge in [0.05, 0.1) is 0 Å². The molecule has 0 saturated heterocycles. The third-order valence-corrected chi connectivity index (χ3v) is 15.0. The minimum Gasteiger partial charge on any atom is -0.137 e. The number of rotatable bonds is 3. The summed E-state index contributed by atoms with van der Waals surface area (Å²) in [7, 11) is 0. The summed E-state index contributed by atoms with van der Waals surface area (Å²) in [5.74, 6) is 15.0. The van der Waals surface area contributed by atoms with Gasteiger partial charge in [0.15, 0.2) is 0 Å². The predicted octanol–water partition coefficient (Wildman–Crippen LogP) is 13.2. The second-order valence-corrected chi connectivity index (χ2v) is 17.6. The van der Waals surface area contributed by atoms with Crippen LogP contribution in [0.25, 0.3) is 9.75 Å². The van der Waals surface area contributed by atoms with Crippen molar-refractivity contribution in [1.82, 2.24) is 0 Å². The molecule has 0 radical (unpaired) electrons. The molecule has 0 spiro atoms. The summed E-state index contributed by atoms with van der Waals surface area (Å²) >= 11 is 7.38. The number of thiophene rings is 2. The van der Waals surface area contributed by atoms with Crippen LogP contribution in [0.2, 0.25) is 0 Å². The lowest BCUT2D eigenvalue weighted by Crippen LogP contribution is -2.30. The fourth-order valence-electron chi connectivity index (χ4n) is 7.63. The third-order valence-electron chi connectivity index (χ3n) is 10.1. The van der Waals surface area contributed by atoms with Gasteiger partial charge in [0.25, 0.3) is 0 Å². The molecule has 0 N–H and O–H groups in total. The van der Waals surface area contributed by atoms with Gasteiger partial charge >= 0.3 is 0 Å². The van der Waals surface area contributed by atoms with Crippen LogP contribution in [0, 0.1) is 23.7 Å². The summed E-state index contributed by atoms with van der Waals surface area (Å²) in [4.78, 5) is 9.90. The van der Waals surface area contributed by atoms with E-state index in [-0.39, 0.29) is 0 Å². The van der Waals surface area contributed by atoms with Crippen molar-refractivity contribution in [3.05, 3.63) is 225 Å². The summed E-state index contributed by atoms with van der Waals surface area (Å²) in [5.41, 5.74) is 5.72. The summed E-state index contributed by atoms with van der Waals surface area (Å²) in [6, 6.07) is 65.2. The van der Waals surface area contributed by atoms with Gasteiger partial charge in [-0.15, -0.1) is 22.7 Å². The van der Waals surface area contributed by atoms with Crippen LogP contribution in [0.5, 0.6) is 0 Å². The van der Waals surface area contributed by atoms with Gasteiger partial charge in [0, 0.05) is 50.2 Å². The molecule has 2 aliphatic heterocycles. The van der Waals surface area contributed by atoms with Gasteiger partial charge in [-0.2, -0.15) is 0 Å². The minimum atomic E-state index is -0.627. The molecule has 0 aliphatic carbocycles. The molecule has 10 rings (SSSR count). The van der Waals surface area contributed by atoms with Crippen molar-refractivity contribution >= 4 is 46.2 Å². The highest BCUT2D eigenvalue weighted by molar-refractivity contribution is 7.99. The topological polar surface area (TPSA) is 0 Å². The molecule has 54 heavy (non-hydrogen) atoms. The number of benzene rings is 6. The molecular formula is C50H30S4. The largest absolute Gasteiger partial charge is 0.137 e. The Morgan fingerprint density at radius 3 is 0.981 bits per heavy atom. The van der Waals surface area contributed by atoms with Crippen LogP contribution < -0.4 is 0 Å². The molecule has 0 unspecified atom stereocenters. The fourth-order valence-corrected chi connectivity index (χ4v) is 12.5. The molecule has 0 fully saturated rings. The van der Waals surface area contributed by atoms with Crippen molar-refractivity contribution in [1.29, 1.82) is 0 Å². The lowest BCUT2D eigenvalue weighted by atomic mass is 9.73. The molecule has 6 aromatic carbocycles. The van der Waals surface area contributed by atoms with E-state index in [1.807, 2.05) is 58.3 Å². The molecule has 0 nitrogen and oxygen atoms in total. The van der Waals surface area contributed by atoms with Gasteiger partial charge in [0.1, 0.15) is 10.8 Å². The SMILES string of the molecule is C(#CC1(c2ccc(-c3ccc(C4(C#Cc5ccccc5)c5ccccc5Sc5ccccc54)s3)s2)c2ccccc2Sc2ccccc21)c1ccccc1. The molecule has 0 amide bonds. The van der Waals surface area contributed by atoms with Crippen LogP contribution in [-0.4, -0.2) is 0 Å². The lowest BCUT2D eigenvalue weighted by Gasteiger charge is -2.36. The Balaban J connectivity index is 1.16. The van der Waals surface area contributed by atoms with E-state index in [1.165, 1.54) is 61.3 Å². The first kappa shape index (κ1) is 33.1. The molecule has 2 aliphatic rings. The Hall–Kier alpha value is -5.46. The Morgan fingerprint density at radius 1 is 0.315 bits per heavy atom. The van der Waals surface area contributed by atoms with E-state index in [2.05, 4.69) is 194 Å². The summed E-state index contributed by atoms with van der Waals surface area (Å²) < 4.78 is 0. The van der Waals surface area contributed by atoms with E-state index in [1.54, 1.807) is 0 Å². The zero-order chi connectivity index (χ0) is 36.0. The Kier molecular flexibility index (Phi) is 8.44. The molecule has 0 saturated carbocycles. The second kappa shape index (κ2) is 13.7. The third kappa shape index (κ3) is 5.49. The van der Waals surface area contributed by atoms with Crippen LogP contribution in [0.4, 0.5) is 0 Å². The van der Waals surface area contributed by atoms with E-state index in [0.717, 1.165) is 11.1 Å². The van der Waals surface area contributed by atoms with E-state index < -0.39 is 10.8 Å². The van der Waals surface area contributed by atoms with Crippen molar-refractivity contribution in [2.75, 3.05) is 0 Å². The van der Waals surface area contributed by atoms with E-state index in [9.17, 15) is 0 Å². The number of hydrogen-bond donors (Lipinski definition) is 0. The van der Waals surface area contributed by atoms with E-state index in [4.69, 9.17) is 0 Å². The normalized spacial score (nSPS) is 14.1. The van der Waals surface area contributed by atoms with Gasteiger partial charge in [0.2, 0.25) is 0 Å². The van der Waals surface area contributed by atoms with Crippen molar-refractivity contribution in [2.45, 2.75) is 30.4 Å². The minimum absolute atomic E-state index is 0.627. The van der Waals surface area contributed by atoms with Crippen molar-refractivity contribution < 1.29 is 0 Å². The van der Waals surface area contributed by atoms with Crippen LogP contribution >= 0.6 is 46.2 Å². The Morgan fingerprint density at radius 2 is 0.630 bits per heavy atom. The summed E-state index contributed by atoms with van der Waals surface area (Å²) in [5, 5.41) is 0. The summed E-state index contributed by atoms with van der Waals surface area (Å²) in [6.07, 6.45) is 0. The average Bonchev–Trinajstić information content (AvgIpc) is 3.94. The van der Waals surface area contributed by atoms with Gasteiger partial charge in [-0.25, -0.2) is 0 Å². The zero-order valence-electron chi connectivity index (χ0n) is 29.0. The fraction of sp³-hybridized carbons (Fsp3) is 0.0400. The van der Waals surface area contributed by atoms with Crippen molar-refractivity contribution in [3.8, 4) is 33.4 Å². The van der Waals surface area contributed by atoms with Crippen molar-refractivity contribution in [2.24, 2.45) is 0 Å². The first-order valence-corrected chi connectivity index (χ1v) is 21.1. The highest BCUT2D eigenvalue weighted by Gasteiger charge is 2.44.